The van der Waals surface area contributed by atoms with Gasteiger partial charge < -0.3 is 4.57 Å². The number of nitrogens with zero attached hydrogens (tertiary/aromatic N) is 2. The molecule has 0 fully saturated rings. The summed E-state index contributed by atoms with van der Waals surface area (Å²) in [7, 11) is 0. The third-order valence-corrected chi connectivity index (χ3v) is 7.85. The highest BCUT2D eigenvalue weighted by molar-refractivity contribution is 7.99. The number of imidazole rings is 1. The van der Waals surface area contributed by atoms with Gasteiger partial charge in [-0.15, -0.1) is 0 Å². The molecule has 0 aliphatic carbocycles. The summed E-state index contributed by atoms with van der Waals surface area (Å²) in [6.07, 6.45) is 17.3. The number of unbranched alkanes of at least 4 members (excludes halogenated alkanes) is 5. The SMILES string of the molecule is Clc1ccc(CSC(CCCCCCCCn2ccnc2)CCc2ccccc2)c(Cl)c1. The highest BCUT2D eigenvalue weighted by Gasteiger charge is 2.12. The number of halogens is 2. The molecule has 1 unspecified atom stereocenters. The first-order chi connectivity index (χ1) is 15.7. The first kappa shape index (κ1) is 25.2. The van der Waals surface area contributed by atoms with Crippen LogP contribution in [0.2, 0.25) is 10.0 Å². The first-order valence-corrected chi connectivity index (χ1v) is 13.6. The molecule has 1 heterocycles. The van der Waals surface area contributed by atoms with Gasteiger partial charge in [0.1, 0.15) is 0 Å². The van der Waals surface area contributed by atoms with Gasteiger partial charge in [0.15, 0.2) is 0 Å². The van der Waals surface area contributed by atoms with Crippen molar-refractivity contribution < 1.29 is 0 Å². The molecule has 3 rings (SSSR count). The average molecular weight is 490 g/mol. The van der Waals surface area contributed by atoms with E-state index in [1.807, 2.05) is 42.6 Å². The zero-order valence-electron chi connectivity index (χ0n) is 18.8. The second-order valence-electron chi connectivity index (χ2n) is 8.40. The normalized spacial score (nSPS) is 12.2. The quantitative estimate of drug-likeness (QED) is 0.198. The van der Waals surface area contributed by atoms with Crippen molar-refractivity contribution in [3.05, 3.63) is 88.4 Å². The van der Waals surface area contributed by atoms with Gasteiger partial charge in [0.2, 0.25) is 0 Å². The summed E-state index contributed by atoms with van der Waals surface area (Å²) in [6.45, 7) is 1.09. The Morgan fingerprint density at radius 1 is 0.875 bits per heavy atom. The van der Waals surface area contributed by atoms with Gasteiger partial charge in [0, 0.05) is 40.0 Å². The Hall–Kier alpha value is -1.42. The molecule has 0 saturated carbocycles. The lowest BCUT2D eigenvalue weighted by Crippen LogP contribution is -2.06. The Kier molecular flexibility index (Phi) is 11.6. The molecule has 0 aliphatic heterocycles. The fraction of sp³-hybridized carbons (Fsp3) is 0.444. The van der Waals surface area contributed by atoms with Crippen molar-refractivity contribution in [3.8, 4) is 0 Å². The largest absolute Gasteiger partial charge is 0.337 e. The van der Waals surface area contributed by atoms with Gasteiger partial charge in [-0.05, 0) is 48.9 Å². The van der Waals surface area contributed by atoms with E-state index in [1.54, 1.807) is 0 Å². The van der Waals surface area contributed by atoms with Crippen LogP contribution in [0, 0.1) is 0 Å². The maximum atomic E-state index is 6.40. The van der Waals surface area contributed by atoms with Crippen LogP contribution in [0.25, 0.3) is 0 Å². The summed E-state index contributed by atoms with van der Waals surface area (Å²) < 4.78 is 2.17. The maximum absolute atomic E-state index is 6.40. The Balaban J connectivity index is 1.37. The van der Waals surface area contributed by atoms with E-state index >= 15 is 0 Å². The standard InChI is InChI=1S/C27H34Cl2N2S/c28-25-15-14-24(27(29)20-25)21-32-26(16-13-23-10-6-5-7-11-23)12-8-3-1-2-4-9-18-31-19-17-30-22-31/h5-7,10-11,14-15,17,19-20,22,26H,1-4,8-9,12-13,16,18,21H2. The van der Waals surface area contributed by atoms with E-state index in [4.69, 9.17) is 23.2 Å². The minimum absolute atomic E-state index is 0.656. The van der Waals surface area contributed by atoms with Gasteiger partial charge >= 0.3 is 0 Å². The molecule has 1 atom stereocenters. The van der Waals surface area contributed by atoms with E-state index in [-0.39, 0.29) is 0 Å². The maximum Gasteiger partial charge on any atom is 0.0945 e. The summed E-state index contributed by atoms with van der Waals surface area (Å²) in [5.74, 6) is 0.948. The minimum atomic E-state index is 0.656. The molecule has 2 aromatic carbocycles. The van der Waals surface area contributed by atoms with Crippen molar-refractivity contribution >= 4 is 35.0 Å². The van der Waals surface area contributed by atoms with Gasteiger partial charge in [-0.3, -0.25) is 0 Å². The molecule has 0 aliphatic rings. The molecule has 0 bridgehead atoms. The third kappa shape index (κ3) is 9.60. The summed E-state index contributed by atoms with van der Waals surface area (Å²) in [4.78, 5) is 4.10. The highest BCUT2D eigenvalue weighted by atomic mass is 35.5. The molecular formula is C27H34Cl2N2S. The predicted octanol–water partition coefficient (Wildman–Crippen LogP) is 8.86. The van der Waals surface area contributed by atoms with Crippen LogP contribution in [0.3, 0.4) is 0 Å². The molecule has 32 heavy (non-hydrogen) atoms. The Morgan fingerprint density at radius 3 is 2.41 bits per heavy atom. The van der Waals surface area contributed by atoms with Gasteiger partial charge in [0.25, 0.3) is 0 Å². The van der Waals surface area contributed by atoms with Crippen LogP contribution in [-0.2, 0) is 18.7 Å². The number of hydrogen-bond acceptors (Lipinski definition) is 2. The van der Waals surface area contributed by atoms with Crippen molar-refractivity contribution in [2.75, 3.05) is 0 Å². The van der Waals surface area contributed by atoms with Crippen molar-refractivity contribution in [1.29, 1.82) is 0 Å². The average Bonchev–Trinajstić information content (AvgIpc) is 3.32. The number of aryl methyl sites for hydroxylation is 2. The van der Waals surface area contributed by atoms with Gasteiger partial charge in [-0.2, -0.15) is 11.8 Å². The molecule has 1 aromatic heterocycles. The van der Waals surface area contributed by atoms with Crippen LogP contribution in [-0.4, -0.2) is 14.8 Å². The molecule has 3 aromatic rings. The molecule has 0 radical (unpaired) electrons. The third-order valence-electron chi connectivity index (χ3n) is 5.84. The monoisotopic (exact) mass is 488 g/mol. The molecule has 0 spiro atoms. The molecule has 0 N–H and O–H groups in total. The Morgan fingerprint density at radius 2 is 1.66 bits per heavy atom. The molecule has 0 amide bonds. The number of benzene rings is 2. The smallest absolute Gasteiger partial charge is 0.0945 e. The van der Waals surface area contributed by atoms with Crippen LogP contribution in [0.15, 0.2) is 67.3 Å². The van der Waals surface area contributed by atoms with E-state index in [0.717, 1.165) is 23.7 Å². The molecule has 172 valence electrons. The van der Waals surface area contributed by atoms with Crippen LogP contribution in [0.1, 0.15) is 62.5 Å². The minimum Gasteiger partial charge on any atom is -0.337 e. The fourth-order valence-electron chi connectivity index (χ4n) is 3.92. The van der Waals surface area contributed by atoms with E-state index in [2.05, 4.69) is 45.9 Å². The number of hydrogen-bond donors (Lipinski definition) is 0. The van der Waals surface area contributed by atoms with Crippen LogP contribution in [0.4, 0.5) is 0 Å². The summed E-state index contributed by atoms with van der Waals surface area (Å²) >= 11 is 14.5. The van der Waals surface area contributed by atoms with Crippen LogP contribution in [0.5, 0.6) is 0 Å². The van der Waals surface area contributed by atoms with Crippen molar-refractivity contribution in [2.45, 2.75) is 75.3 Å². The summed E-state index contributed by atoms with van der Waals surface area (Å²) in [6, 6.07) is 16.7. The zero-order valence-corrected chi connectivity index (χ0v) is 21.1. The van der Waals surface area contributed by atoms with Gasteiger partial charge in [0.05, 0.1) is 6.33 Å². The van der Waals surface area contributed by atoms with Crippen molar-refractivity contribution in [3.63, 3.8) is 0 Å². The lowest BCUT2D eigenvalue weighted by Gasteiger charge is -2.17. The van der Waals surface area contributed by atoms with E-state index < -0.39 is 0 Å². The summed E-state index contributed by atoms with van der Waals surface area (Å²) in [5.41, 5.74) is 2.61. The van der Waals surface area contributed by atoms with Crippen LogP contribution >= 0.6 is 35.0 Å². The molecule has 0 saturated heterocycles. The molecular weight excluding hydrogens is 455 g/mol. The second kappa shape index (κ2) is 14.7. The predicted molar refractivity (Wildman–Crippen MR) is 141 cm³/mol. The van der Waals surface area contributed by atoms with Crippen LogP contribution < -0.4 is 0 Å². The lowest BCUT2D eigenvalue weighted by atomic mass is 10.0. The summed E-state index contributed by atoms with van der Waals surface area (Å²) in [5, 5.41) is 2.14. The van der Waals surface area contributed by atoms with E-state index in [0.29, 0.717) is 10.3 Å². The first-order valence-electron chi connectivity index (χ1n) is 11.8. The molecule has 5 heteroatoms. The topological polar surface area (TPSA) is 17.8 Å². The zero-order chi connectivity index (χ0) is 22.4. The number of rotatable bonds is 15. The van der Waals surface area contributed by atoms with E-state index in [1.165, 1.54) is 62.5 Å². The van der Waals surface area contributed by atoms with Gasteiger partial charge in [-0.25, -0.2) is 4.98 Å². The van der Waals surface area contributed by atoms with Crippen molar-refractivity contribution in [2.24, 2.45) is 0 Å². The number of thioether (sulfide) groups is 1. The highest BCUT2D eigenvalue weighted by Crippen LogP contribution is 2.30. The Labute approximate surface area is 207 Å². The lowest BCUT2D eigenvalue weighted by molar-refractivity contribution is 0.538. The fourth-order valence-corrected chi connectivity index (χ4v) is 5.76. The Bertz CT molecular complexity index is 884. The van der Waals surface area contributed by atoms with Gasteiger partial charge in [-0.1, -0.05) is 91.7 Å². The molecule has 2 nitrogen and oxygen atoms in total. The van der Waals surface area contributed by atoms with E-state index in [9.17, 15) is 0 Å². The number of aromatic nitrogens is 2. The second-order valence-corrected chi connectivity index (χ2v) is 10.5. The van der Waals surface area contributed by atoms with Crippen molar-refractivity contribution in [1.82, 2.24) is 9.55 Å².